The fraction of sp³-hybridized carbons (Fsp3) is 0.662. The van der Waals surface area contributed by atoms with Crippen LogP contribution in [0.2, 0.25) is 0 Å². The third-order valence-electron chi connectivity index (χ3n) is 14.6. The number of carbonyl (C=O) groups excluding carboxylic acids is 2. The first kappa shape index (κ1) is 82.9. The highest BCUT2D eigenvalue weighted by Gasteiger charge is 2.22. The second-order valence-electron chi connectivity index (χ2n) is 24.2. The van der Waals surface area contributed by atoms with Gasteiger partial charge in [0.25, 0.3) is 7.82 Å². The summed E-state index contributed by atoms with van der Waals surface area (Å²) in [6, 6.07) is 0. The van der Waals surface area contributed by atoms with Gasteiger partial charge in [-0.1, -0.05) is 307 Å². The summed E-state index contributed by atoms with van der Waals surface area (Å²) in [5.74, 6) is -0.885. The molecule has 10 heteroatoms. The molecule has 0 radical (unpaired) electrons. The number of esters is 2. The van der Waals surface area contributed by atoms with Crippen molar-refractivity contribution < 1.29 is 42.1 Å². The Morgan fingerprint density at radius 1 is 0.368 bits per heavy atom. The molecule has 2 unspecified atom stereocenters. The topological polar surface area (TPSA) is 111 Å². The number of hydrogen-bond acceptors (Lipinski definition) is 8. The number of carbonyl (C=O) groups is 2. The summed E-state index contributed by atoms with van der Waals surface area (Å²) in [5, 5.41) is 0. The molecule has 496 valence electrons. The van der Waals surface area contributed by atoms with Crippen molar-refractivity contribution in [2.45, 2.75) is 283 Å². The van der Waals surface area contributed by atoms with E-state index in [1.807, 2.05) is 21.1 Å². The van der Waals surface area contributed by atoms with Gasteiger partial charge in [-0.2, -0.15) is 0 Å². The van der Waals surface area contributed by atoms with Crippen molar-refractivity contribution in [1.29, 1.82) is 0 Å². The molecule has 0 rings (SSSR count). The van der Waals surface area contributed by atoms with Crippen molar-refractivity contribution in [3.8, 4) is 0 Å². The van der Waals surface area contributed by atoms with Gasteiger partial charge >= 0.3 is 11.9 Å². The van der Waals surface area contributed by atoms with E-state index in [9.17, 15) is 19.0 Å². The van der Waals surface area contributed by atoms with E-state index in [2.05, 4.69) is 160 Å². The zero-order valence-electron chi connectivity index (χ0n) is 56.4. The van der Waals surface area contributed by atoms with Crippen molar-refractivity contribution >= 4 is 19.8 Å². The number of unbranched alkanes of at least 4 members (excludes halogenated alkanes) is 25. The molecule has 87 heavy (non-hydrogen) atoms. The highest BCUT2D eigenvalue weighted by Crippen LogP contribution is 2.38. The van der Waals surface area contributed by atoms with Gasteiger partial charge in [0.05, 0.1) is 27.7 Å². The van der Waals surface area contributed by atoms with E-state index in [4.69, 9.17) is 18.5 Å². The zero-order chi connectivity index (χ0) is 63.4. The molecule has 0 aliphatic rings. The van der Waals surface area contributed by atoms with Crippen LogP contribution < -0.4 is 4.89 Å². The lowest BCUT2D eigenvalue weighted by Crippen LogP contribution is -2.37. The van der Waals surface area contributed by atoms with Crippen LogP contribution >= 0.6 is 7.82 Å². The lowest BCUT2D eigenvalue weighted by molar-refractivity contribution is -0.870. The number of quaternary nitrogens is 1. The first-order valence-corrected chi connectivity index (χ1v) is 36.5. The summed E-state index contributed by atoms with van der Waals surface area (Å²) >= 11 is 0. The van der Waals surface area contributed by atoms with Crippen molar-refractivity contribution in [2.24, 2.45) is 0 Å². The molecule has 0 aliphatic heterocycles. The molecule has 0 fully saturated rings. The van der Waals surface area contributed by atoms with E-state index in [1.165, 1.54) is 135 Å². The standard InChI is InChI=1S/C77H130NO8P/c1-6-8-10-12-14-16-18-20-22-24-26-28-30-32-33-34-35-36-37-38-39-40-41-42-43-44-45-46-48-50-52-54-56-58-60-62-64-66-68-70-77(80)86-75(74-85-87(81,82)84-72-71-78(3,4)5)73-83-76(79)69-67-65-63-61-59-57-55-53-51-49-47-31-29-27-25-23-21-19-17-15-13-11-9-7-2/h8,10,14,16,20,22,26,28,32-33,35-36,38-39,41-42,44-45,48,50,54,56,60,62,75H,6-7,9,11-13,15,17-19,21,23-25,27,29-31,34,37,40,43,46-47,49,51-53,55,57-59,61,63-74H2,1-5H3/b10-8-,16-14-,22-20-,28-26-,33-32-,36-35-,39-38-,42-41-,45-44-,50-48-,56-54-,62-60-. The number of likely N-dealkylation sites (N-methyl/N-ethyl adjacent to an activating group) is 1. The van der Waals surface area contributed by atoms with Gasteiger partial charge in [0.1, 0.15) is 19.8 Å². The smallest absolute Gasteiger partial charge is 0.306 e. The summed E-state index contributed by atoms with van der Waals surface area (Å²) in [7, 11) is 1.13. The maximum absolute atomic E-state index is 12.8. The lowest BCUT2D eigenvalue weighted by Gasteiger charge is -2.28. The molecule has 0 heterocycles. The second kappa shape index (κ2) is 66.3. The van der Waals surface area contributed by atoms with Crippen LogP contribution in [0.15, 0.2) is 146 Å². The van der Waals surface area contributed by atoms with E-state index in [0.29, 0.717) is 17.4 Å². The van der Waals surface area contributed by atoms with Gasteiger partial charge in [0, 0.05) is 12.8 Å². The number of phosphoric acid groups is 1. The predicted octanol–water partition coefficient (Wildman–Crippen LogP) is 22.4. The van der Waals surface area contributed by atoms with Gasteiger partial charge in [-0.15, -0.1) is 0 Å². The fourth-order valence-corrected chi connectivity index (χ4v) is 10.0. The normalized spacial score (nSPS) is 14.0. The molecule has 0 aromatic heterocycles. The molecule has 0 saturated heterocycles. The van der Waals surface area contributed by atoms with E-state index >= 15 is 0 Å². The Morgan fingerprint density at radius 2 is 0.655 bits per heavy atom. The quantitative estimate of drug-likeness (QED) is 0.0195. The third-order valence-corrected chi connectivity index (χ3v) is 15.6. The Hall–Kier alpha value is -4.11. The predicted molar refractivity (Wildman–Crippen MR) is 374 cm³/mol. The highest BCUT2D eigenvalue weighted by molar-refractivity contribution is 7.45. The fourth-order valence-electron chi connectivity index (χ4n) is 9.29. The summed E-state index contributed by atoms with van der Waals surface area (Å²) in [6.45, 7) is 4.09. The summed E-state index contributed by atoms with van der Waals surface area (Å²) in [4.78, 5) is 38.0. The summed E-state index contributed by atoms with van der Waals surface area (Å²) in [6.07, 6.45) is 97.9. The third kappa shape index (κ3) is 70.8. The first-order valence-electron chi connectivity index (χ1n) is 35.0. The summed E-state index contributed by atoms with van der Waals surface area (Å²) in [5.41, 5.74) is 0. The molecular formula is C77H130NO8P. The zero-order valence-corrected chi connectivity index (χ0v) is 57.3. The highest BCUT2D eigenvalue weighted by atomic mass is 31.2. The van der Waals surface area contributed by atoms with Crippen LogP contribution in [-0.4, -0.2) is 70.0 Å². The van der Waals surface area contributed by atoms with E-state index < -0.39 is 32.5 Å². The maximum atomic E-state index is 12.8. The van der Waals surface area contributed by atoms with Gasteiger partial charge in [-0.05, 0) is 103 Å². The molecule has 0 aromatic carbocycles. The Kier molecular flexibility index (Phi) is 63.2. The van der Waals surface area contributed by atoms with E-state index in [-0.39, 0.29) is 26.1 Å². The number of allylic oxidation sites excluding steroid dienone is 24. The molecule has 2 atom stereocenters. The minimum atomic E-state index is -4.66. The largest absolute Gasteiger partial charge is 0.756 e. The molecule has 0 saturated carbocycles. The average molecular weight is 1230 g/mol. The van der Waals surface area contributed by atoms with Crippen LogP contribution in [0, 0.1) is 0 Å². The number of hydrogen-bond donors (Lipinski definition) is 0. The van der Waals surface area contributed by atoms with Crippen LogP contribution in [0.3, 0.4) is 0 Å². The molecular weight excluding hydrogens is 1100 g/mol. The molecule has 0 amide bonds. The van der Waals surface area contributed by atoms with Crippen molar-refractivity contribution in [3.63, 3.8) is 0 Å². The van der Waals surface area contributed by atoms with Crippen LogP contribution in [-0.2, 0) is 32.7 Å². The number of nitrogens with zero attached hydrogens (tertiary/aromatic N) is 1. The SMILES string of the molecule is CC/C=C\C/C=C\C/C=C\C/C=C\C/C=C\C/C=C\C/C=C\C/C=C\C/C=C\C/C=C\C/C=C\C/C=C\CCCCC(=O)OC(COC(=O)CCCCCCCCCCCCCCCCCCCCCCCCCC)COP(=O)([O-])OCC[N+](C)(C)C. The Bertz CT molecular complexity index is 1980. The molecule has 0 spiro atoms. The van der Waals surface area contributed by atoms with Gasteiger partial charge in [0.15, 0.2) is 6.10 Å². The first-order chi connectivity index (χ1) is 42.5. The van der Waals surface area contributed by atoms with Crippen LogP contribution in [0.1, 0.15) is 277 Å². The molecule has 0 bridgehead atoms. The van der Waals surface area contributed by atoms with Crippen molar-refractivity contribution in [1.82, 2.24) is 0 Å². The minimum Gasteiger partial charge on any atom is -0.756 e. The Morgan fingerprint density at radius 3 is 0.977 bits per heavy atom. The number of phosphoric ester groups is 1. The Balaban J connectivity index is 4.19. The van der Waals surface area contributed by atoms with E-state index in [1.54, 1.807) is 0 Å². The molecule has 0 aromatic rings. The van der Waals surface area contributed by atoms with Gasteiger partial charge in [-0.3, -0.25) is 14.2 Å². The molecule has 0 N–H and O–H groups in total. The van der Waals surface area contributed by atoms with Gasteiger partial charge < -0.3 is 27.9 Å². The number of ether oxygens (including phenoxy) is 2. The van der Waals surface area contributed by atoms with Gasteiger partial charge in [-0.25, -0.2) is 0 Å². The average Bonchev–Trinajstić information content (AvgIpc) is 3.68. The minimum absolute atomic E-state index is 0.0454. The second-order valence-corrected chi connectivity index (χ2v) is 25.6. The van der Waals surface area contributed by atoms with Gasteiger partial charge in [0.2, 0.25) is 0 Å². The monoisotopic (exact) mass is 1230 g/mol. The molecule has 9 nitrogen and oxygen atoms in total. The number of rotatable bonds is 63. The lowest BCUT2D eigenvalue weighted by atomic mass is 10.0. The molecule has 0 aliphatic carbocycles. The van der Waals surface area contributed by atoms with Crippen molar-refractivity contribution in [2.75, 3.05) is 47.5 Å². The van der Waals surface area contributed by atoms with Crippen LogP contribution in [0.25, 0.3) is 0 Å². The summed E-state index contributed by atoms with van der Waals surface area (Å²) < 4.78 is 34.2. The van der Waals surface area contributed by atoms with Crippen LogP contribution in [0.5, 0.6) is 0 Å². The van der Waals surface area contributed by atoms with E-state index in [0.717, 1.165) is 109 Å². The Labute approximate surface area is 535 Å². The maximum Gasteiger partial charge on any atom is 0.306 e. The van der Waals surface area contributed by atoms with Crippen LogP contribution in [0.4, 0.5) is 0 Å². The van der Waals surface area contributed by atoms with Crippen molar-refractivity contribution in [3.05, 3.63) is 146 Å².